The fraction of sp³-hybridized carbons (Fsp3) is 0.318. The van der Waals surface area contributed by atoms with Gasteiger partial charge in [0, 0.05) is 5.56 Å². The van der Waals surface area contributed by atoms with E-state index < -0.39 is 0 Å². The number of nitrogens with zero attached hydrogens (tertiary/aromatic N) is 2. The highest BCUT2D eigenvalue weighted by Gasteiger charge is 2.17. The Hall–Kier alpha value is -2.95. The van der Waals surface area contributed by atoms with Crippen molar-refractivity contribution in [3.8, 4) is 11.5 Å². The van der Waals surface area contributed by atoms with Crippen molar-refractivity contribution >= 4 is 5.97 Å². The number of benzene rings is 2. The quantitative estimate of drug-likeness (QED) is 0.588. The maximum Gasteiger partial charge on any atom is 0.338 e. The Kier molecular flexibility index (Phi) is 5.28. The Morgan fingerprint density at radius 3 is 2.44 bits per heavy atom. The normalized spacial score (nSPS) is 14.8. The molecule has 3 aromatic rings. The molecule has 0 aliphatic heterocycles. The molecule has 27 heavy (non-hydrogen) atoms. The van der Waals surface area contributed by atoms with Crippen molar-refractivity contribution in [2.75, 3.05) is 0 Å². The molecule has 138 valence electrons. The summed E-state index contributed by atoms with van der Waals surface area (Å²) >= 11 is 0. The molecule has 1 heterocycles. The van der Waals surface area contributed by atoms with E-state index in [1.54, 1.807) is 0 Å². The number of esters is 1. The van der Waals surface area contributed by atoms with Crippen LogP contribution in [0.5, 0.6) is 0 Å². The average molecular weight is 362 g/mol. The van der Waals surface area contributed by atoms with Crippen LogP contribution in [0, 0.1) is 0 Å². The molecule has 0 amide bonds. The predicted molar refractivity (Wildman–Crippen MR) is 101 cm³/mol. The van der Waals surface area contributed by atoms with E-state index in [4.69, 9.17) is 9.15 Å². The number of hydrogen-bond acceptors (Lipinski definition) is 5. The second-order valence-electron chi connectivity index (χ2n) is 6.90. The first kappa shape index (κ1) is 17.5. The van der Waals surface area contributed by atoms with Gasteiger partial charge >= 0.3 is 5.97 Å². The number of rotatable bonds is 5. The molecule has 1 aromatic heterocycles. The SMILES string of the molecule is O=C(OCc1nnc(-c2ccccc2)o1)c1ccc(C2CCCCC2)cc1. The average Bonchev–Trinajstić information content (AvgIpc) is 3.22. The molecule has 0 atom stereocenters. The lowest BCUT2D eigenvalue weighted by Gasteiger charge is -2.21. The van der Waals surface area contributed by atoms with Gasteiger partial charge in [-0.25, -0.2) is 4.79 Å². The van der Waals surface area contributed by atoms with Gasteiger partial charge in [-0.1, -0.05) is 49.6 Å². The van der Waals surface area contributed by atoms with Gasteiger partial charge in [-0.05, 0) is 48.6 Å². The van der Waals surface area contributed by atoms with Crippen molar-refractivity contribution in [3.63, 3.8) is 0 Å². The molecular weight excluding hydrogens is 340 g/mol. The predicted octanol–water partition coefficient (Wildman–Crippen LogP) is 5.14. The summed E-state index contributed by atoms with van der Waals surface area (Å²) in [5.41, 5.74) is 2.69. The van der Waals surface area contributed by atoms with E-state index >= 15 is 0 Å². The summed E-state index contributed by atoms with van der Waals surface area (Å²) in [7, 11) is 0. The summed E-state index contributed by atoms with van der Waals surface area (Å²) in [6.45, 7) is -0.0386. The third kappa shape index (κ3) is 4.25. The molecule has 1 aliphatic carbocycles. The second-order valence-corrected chi connectivity index (χ2v) is 6.90. The number of hydrogen-bond donors (Lipinski definition) is 0. The van der Waals surface area contributed by atoms with Crippen LogP contribution in [-0.4, -0.2) is 16.2 Å². The van der Waals surface area contributed by atoms with Crippen LogP contribution < -0.4 is 0 Å². The molecule has 0 saturated heterocycles. The van der Waals surface area contributed by atoms with Crippen molar-refractivity contribution < 1.29 is 13.9 Å². The molecule has 0 N–H and O–H groups in total. The minimum absolute atomic E-state index is 0.0386. The Labute approximate surface area is 158 Å². The molecule has 0 unspecified atom stereocenters. The molecular formula is C22H22N2O3. The summed E-state index contributed by atoms with van der Waals surface area (Å²) in [4.78, 5) is 12.3. The van der Waals surface area contributed by atoms with E-state index in [1.165, 1.54) is 37.7 Å². The van der Waals surface area contributed by atoms with Crippen LogP contribution in [0.25, 0.3) is 11.5 Å². The van der Waals surface area contributed by atoms with Crippen molar-refractivity contribution in [2.45, 2.75) is 44.6 Å². The van der Waals surface area contributed by atoms with Gasteiger partial charge in [-0.2, -0.15) is 0 Å². The van der Waals surface area contributed by atoms with Gasteiger partial charge in [0.1, 0.15) is 0 Å². The Bertz CT molecular complexity index is 881. The van der Waals surface area contributed by atoms with E-state index in [0.29, 0.717) is 17.4 Å². The van der Waals surface area contributed by atoms with Crippen LogP contribution in [0.4, 0.5) is 0 Å². The topological polar surface area (TPSA) is 65.2 Å². The third-order valence-electron chi connectivity index (χ3n) is 5.04. The number of ether oxygens (including phenoxy) is 1. The van der Waals surface area contributed by atoms with Crippen LogP contribution in [0.2, 0.25) is 0 Å². The first-order valence-corrected chi connectivity index (χ1v) is 9.44. The zero-order valence-corrected chi connectivity index (χ0v) is 15.1. The molecule has 4 rings (SSSR count). The smallest absolute Gasteiger partial charge is 0.338 e. The van der Waals surface area contributed by atoms with E-state index in [1.807, 2.05) is 54.6 Å². The molecule has 1 fully saturated rings. The van der Waals surface area contributed by atoms with Gasteiger partial charge in [0.15, 0.2) is 6.61 Å². The fourth-order valence-electron chi connectivity index (χ4n) is 3.55. The van der Waals surface area contributed by atoms with E-state index in [9.17, 15) is 4.79 Å². The largest absolute Gasteiger partial charge is 0.452 e. The van der Waals surface area contributed by atoms with Crippen molar-refractivity contribution in [1.82, 2.24) is 10.2 Å². The first-order chi connectivity index (χ1) is 13.3. The molecule has 0 bridgehead atoms. The lowest BCUT2D eigenvalue weighted by atomic mass is 9.84. The maximum atomic E-state index is 12.3. The van der Waals surface area contributed by atoms with Crippen molar-refractivity contribution in [1.29, 1.82) is 0 Å². The standard InChI is InChI=1S/C22H22N2O3/c25-22(19-13-11-17(12-14-19)16-7-3-1-4-8-16)26-15-20-23-24-21(27-20)18-9-5-2-6-10-18/h2,5-6,9-14,16H,1,3-4,7-8,15H2. The van der Waals surface area contributed by atoms with Crippen LogP contribution in [0.15, 0.2) is 59.0 Å². The zero-order valence-electron chi connectivity index (χ0n) is 15.1. The minimum Gasteiger partial charge on any atom is -0.452 e. The second kappa shape index (κ2) is 8.16. The van der Waals surface area contributed by atoms with Gasteiger partial charge < -0.3 is 9.15 Å². The van der Waals surface area contributed by atoms with Crippen LogP contribution in [-0.2, 0) is 11.3 Å². The molecule has 1 aliphatic rings. The van der Waals surface area contributed by atoms with Gasteiger partial charge in [-0.3, -0.25) is 0 Å². The monoisotopic (exact) mass is 362 g/mol. The Morgan fingerprint density at radius 2 is 1.70 bits per heavy atom. The number of aromatic nitrogens is 2. The Balaban J connectivity index is 1.35. The summed E-state index contributed by atoms with van der Waals surface area (Å²) in [6, 6.07) is 17.3. The molecule has 5 heteroatoms. The minimum atomic E-state index is -0.385. The van der Waals surface area contributed by atoms with Crippen LogP contribution in [0.3, 0.4) is 0 Å². The third-order valence-corrected chi connectivity index (χ3v) is 5.04. The Morgan fingerprint density at radius 1 is 0.963 bits per heavy atom. The highest BCUT2D eigenvalue weighted by atomic mass is 16.5. The summed E-state index contributed by atoms with van der Waals surface area (Å²) in [5, 5.41) is 7.93. The van der Waals surface area contributed by atoms with E-state index in [0.717, 1.165) is 5.56 Å². The van der Waals surface area contributed by atoms with Crippen LogP contribution >= 0.6 is 0 Å². The van der Waals surface area contributed by atoms with Gasteiger partial charge in [0.25, 0.3) is 5.89 Å². The zero-order chi connectivity index (χ0) is 18.5. The molecule has 0 spiro atoms. The molecule has 2 aromatic carbocycles. The molecule has 1 saturated carbocycles. The summed E-state index contributed by atoms with van der Waals surface area (Å²) in [5.74, 6) is 0.933. The van der Waals surface area contributed by atoms with Crippen molar-refractivity contribution in [2.24, 2.45) is 0 Å². The van der Waals surface area contributed by atoms with Gasteiger partial charge in [0.05, 0.1) is 5.56 Å². The highest BCUT2D eigenvalue weighted by molar-refractivity contribution is 5.89. The number of carbonyl (C=O) groups excluding carboxylic acids is 1. The summed E-state index contributed by atoms with van der Waals surface area (Å²) < 4.78 is 10.9. The first-order valence-electron chi connectivity index (χ1n) is 9.44. The van der Waals surface area contributed by atoms with Crippen LogP contribution in [0.1, 0.15) is 59.8 Å². The van der Waals surface area contributed by atoms with Crippen molar-refractivity contribution in [3.05, 3.63) is 71.6 Å². The molecule has 0 radical (unpaired) electrons. The number of carbonyl (C=O) groups is 1. The fourth-order valence-corrected chi connectivity index (χ4v) is 3.55. The highest BCUT2D eigenvalue weighted by Crippen LogP contribution is 2.32. The lowest BCUT2D eigenvalue weighted by Crippen LogP contribution is -2.07. The summed E-state index contributed by atoms with van der Waals surface area (Å²) in [6.07, 6.45) is 6.41. The van der Waals surface area contributed by atoms with Gasteiger partial charge in [0.2, 0.25) is 5.89 Å². The van der Waals surface area contributed by atoms with E-state index in [2.05, 4.69) is 10.2 Å². The van der Waals surface area contributed by atoms with Gasteiger partial charge in [-0.15, -0.1) is 10.2 Å². The van der Waals surface area contributed by atoms with E-state index in [-0.39, 0.29) is 18.5 Å². The maximum absolute atomic E-state index is 12.3. The lowest BCUT2D eigenvalue weighted by molar-refractivity contribution is 0.0438. The molecule has 5 nitrogen and oxygen atoms in total.